The average Bonchev–Trinajstić information content (AvgIpc) is 3.73. The number of fused-ring (bicyclic) bond motifs is 1. The van der Waals surface area contributed by atoms with E-state index in [0.29, 0.717) is 43.1 Å². The second kappa shape index (κ2) is 17.7. The number of likely N-dealkylation sites (tertiary alicyclic amines) is 1. The fourth-order valence-electron chi connectivity index (χ4n) is 7.86. The topological polar surface area (TPSA) is 73.3 Å². The van der Waals surface area contributed by atoms with E-state index in [9.17, 15) is 0 Å². The second-order valence-electron chi connectivity index (χ2n) is 14.0. The Balaban J connectivity index is 1.25. The summed E-state index contributed by atoms with van der Waals surface area (Å²) in [6.07, 6.45) is 18.9. The summed E-state index contributed by atoms with van der Waals surface area (Å²) < 4.78 is 6.07. The lowest BCUT2D eigenvalue weighted by atomic mass is 9.84. The van der Waals surface area contributed by atoms with Crippen molar-refractivity contribution in [3.63, 3.8) is 0 Å². The molecule has 3 aliphatic rings. The van der Waals surface area contributed by atoms with E-state index in [1.165, 1.54) is 34.2 Å². The maximum atomic E-state index is 6.07. The lowest BCUT2D eigenvalue weighted by Gasteiger charge is -2.31. The Labute approximate surface area is 295 Å². The van der Waals surface area contributed by atoms with Gasteiger partial charge in [0.2, 0.25) is 0 Å². The smallest absolute Gasteiger partial charge is 0.114 e. The van der Waals surface area contributed by atoms with E-state index in [1.807, 2.05) is 19.2 Å². The number of likely N-dealkylation sites (N-methyl/N-ethyl adjacent to an activating group) is 1. The first-order valence-corrected chi connectivity index (χ1v) is 18.1. The summed E-state index contributed by atoms with van der Waals surface area (Å²) in [5, 5.41) is 10.9. The number of ether oxygens (including phenoxy) is 1. The van der Waals surface area contributed by atoms with Crippen molar-refractivity contribution in [2.75, 3.05) is 34.8 Å². The van der Waals surface area contributed by atoms with E-state index in [2.05, 4.69) is 122 Å². The van der Waals surface area contributed by atoms with Gasteiger partial charge in [-0.05, 0) is 92.4 Å². The molecule has 7 heteroatoms. The highest BCUT2D eigenvalue weighted by molar-refractivity contribution is 5.88. The Morgan fingerprint density at radius 3 is 2.57 bits per heavy atom. The Hall–Kier alpha value is -3.78. The first-order chi connectivity index (χ1) is 23.9. The molecule has 1 saturated heterocycles. The Bertz CT molecular complexity index is 1540. The fourth-order valence-corrected chi connectivity index (χ4v) is 7.86. The van der Waals surface area contributed by atoms with Crippen LogP contribution in [0.3, 0.4) is 0 Å². The molecule has 0 bridgehead atoms. The molecule has 49 heavy (non-hydrogen) atoms. The number of aliphatic imine (C=N–C) groups is 2. The third kappa shape index (κ3) is 9.07. The summed E-state index contributed by atoms with van der Waals surface area (Å²) >= 11 is 0. The predicted molar refractivity (Wildman–Crippen MR) is 208 cm³/mol. The molecule has 262 valence electrons. The minimum atomic E-state index is -0.0794. The summed E-state index contributed by atoms with van der Waals surface area (Å²) in [6.45, 7) is 10.6. The van der Waals surface area contributed by atoms with Crippen LogP contribution in [0, 0.1) is 17.8 Å². The quantitative estimate of drug-likeness (QED) is 0.129. The van der Waals surface area contributed by atoms with Gasteiger partial charge in [0, 0.05) is 45.2 Å². The van der Waals surface area contributed by atoms with Gasteiger partial charge in [0.1, 0.15) is 11.7 Å². The van der Waals surface area contributed by atoms with Gasteiger partial charge in [-0.3, -0.25) is 14.9 Å². The van der Waals surface area contributed by atoms with Gasteiger partial charge >= 0.3 is 0 Å². The van der Waals surface area contributed by atoms with Crippen LogP contribution in [0.2, 0.25) is 0 Å². The van der Waals surface area contributed by atoms with Gasteiger partial charge in [-0.15, -0.1) is 0 Å². The Morgan fingerprint density at radius 1 is 1.10 bits per heavy atom. The van der Waals surface area contributed by atoms with Crippen LogP contribution in [0.4, 0.5) is 0 Å². The number of nitrogens with zero attached hydrogens (tertiary/aromatic N) is 3. The molecule has 1 saturated carbocycles. The van der Waals surface area contributed by atoms with Gasteiger partial charge in [-0.25, -0.2) is 0 Å². The van der Waals surface area contributed by atoms with Crippen LogP contribution in [0.5, 0.6) is 0 Å². The van der Waals surface area contributed by atoms with Gasteiger partial charge in [0.15, 0.2) is 0 Å². The lowest BCUT2D eigenvalue weighted by molar-refractivity contribution is 0.0896. The van der Waals surface area contributed by atoms with Crippen molar-refractivity contribution in [1.82, 2.24) is 20.9 Å². The molecule has 2 aromatic carbocycles. The molecule has 4 unspecified atom stereocenters. The molecule has 2 aromatic rings. The molecular formula is C42H58N6O. The molecule has 2 aliphatic heterocycles. The van der Waals surface area contributed by atoms with Crippen molar-refractivity contribution in [3.05, 3.63) is 102 Å². The zero-order chi connectivity index (χ0) is 34.8. The Morgan fingerprint density at radius 2 is 1.90 bits per heavy atom. The normalized spacial score (nSPS) is 27.8. The zero-order valence-corrected chi connectivity index (χ0v) is 30.5. The molecule has 0 spiro atoms. The number of hydrogen-bond donors (Lipinski definition) is 3. The van der Waals surface area contributed by atoms with Crippen molar-refractivity contribution < 1.29 is 4.74 Å². The van der Waals surface area contributed by atoms with Crippen LogP contribution in [0.1, 0.15) is 56.2 Å². The molecule has 7 nitrogen and oxygen atoms in total. The maximum Gasteiger partial charge on any atom is 0.114 e. The van der Waals surface area contributed by atoms with Crippen LogP contribution in [-0.2, 0) is 17.8 Å². The molecule has 0 amide bonds. The minimum Gasteiger partial charge on any atom is -0.377 e. The van der Waals surface area contributed by atoms with Crippen molar-refractivity contribution in [1.29, 1.82) is 0 Å². The van der Waals surface area contributed by atoms with E-state index >= 15 is 0 Å². The number of amidine groups is 2. The summed E-state index contributed by atoms with van der Waals surface area (Å²) in [6, 6.07) is 17.2. The summed E-state index contributed by atoms with van der Waals surface area (Å²) in [5.41, 5.74) is 6.19. The number of methoxy groups -OCH3 is 1. The first-order valence-electron chi connectivity index (χ1n) is 18.1. The molecule has 5 rings (SSSR count). The van der Waals surface area contributed by atoms with Gasteiger partial charge in [-0.2, -0.15) is 0 Å². The van der Waals surface area contributed by atoms with E-state index < -0.39 is 0 Å². The minimum absolute atomic E-state index is 0.0794. The largest absolute Gasteiger partial charge is 0.377 e. The maximum absolute atomic E-state index is 6.07. The molecule has 1 aliphatic carbocycles. The molecule has 2 fully saturated rings. The number of benzene rings is 2. The number of allylic oxidation sites excluding steroid dienone is 4. The van der Waals surface area contributed by atoms with Crippen LogP contribution in [0.15, 0.2) is 95.5 Å². The van der Waals surface area contributed by atoms with E-state index in [4.69, 9.17) is 14.7 Å². The second-order valence-corrected chi connectivity index (χ2v) is 14.0. The standard InChI is InChI=1S/C42H58N6O/c1-8-9-10-11-14-39(49-7)40(35-21-22-37(26-35)43-4)42(44-5)46-27-31-15-17-32(18-16-31)34-19-20-36-28-47-41(45-23-12-13-33(36)25-34)38-24-29(2)30(3)48(38)6/h8-20,25,29-30,35,37-40,43H,1,21-24,26-28H2,2-7H3,(H,44,46)(H,45,47)/b10-9-,13-12-,14-11-/t29?,30-,35+,37-,38?,39?,40?/m1/s1. The molecule has 7 atom stereocenters. The molecular weight excluding hydrogens is 605 g/mol. The van der Waals surface area contributed by atoms with Gasteiger partial charge in [0.25, 0.3) is 0 Å². The lowest BCUT2D eigenvalue weighted by Crippen LogP contribution is -2.43. The Kier molecular flexibility index (Phi) is 13.2. The van der Waals surface area contributed by atoms with Crippen molar-refractivity contribution in [2.24, 2.45) is 27.7 Å². The number of hydrogen-bond acceptors (Lipinski definition) is 6. The summed E-state index contributed by atoms with van der Waals surface area (Å²) in [5.74, 6) is 3.41. The van der Waals surface area contributed by atoms with Crippen LogP contribution in [-0.4, -0.2) is 75.6 Å². The van der Waals surface area contributed by atoms with Gasteiger partial charge in [-0.1, -0.05) is 92.4 Å². The van der Waals surface area contributed by atoms with Crippen LogP contribution >= 0.6 is 0 Å². The number of rotatable bonds is 12. The van der Waals surface area contributed by atoms with Crippen molar-refractivity contribution >= 4 is 17.7 Å². The van der Waals surface area contributed by atoms with Gasteiger partial charge < -0.3 is 20.7 Å². The van der Waals surface area contributed by atoms with Crippen molar-refractivity contribution in [3.8, 4) is 11.1 Å². The summed E-state index contributed by atoms with van der Waals surface area (Å²) in [4.78, 5) is 12.2. The average molecular weight is 663 g/mol. The fraction of sp³-hybridized carbons (Fsp3) is 0.476. The predicted octanol–water partition coefficient (Wildman–Crippen LogP) is 7.03. The molecule has 0 aromatic heterocycles. The third-order valence-corrected chi connectivity index (χ3v) is 11.1. The molecule has 2 heterocycles. The number of nitrogens with one attached hydrogen (secondary N) is 3. The van der Waals surface area contributed by atoms with Crippen molar-refractivity contribution in [2.45, 2.75) is 76.8 Å². The first kappa shape index (κ1) is 36.5. The monoisotopic (exact) mass is 662 g/mol. The zero-order valence-electron chi connectivity index (χ0n) is 30.5. The highest BCUT2D eigenvalue weighted by atomic mass is 16.5. The SMILES string of the molecule is C=C/C=C\C=C/C(OC)C(/C(=N/C)NCc1ccc(-c2ccc3c(c2)/C=C\C/N=C(/C2CC(C)[C@@H](C)N2C)NC3)cc1)[C@H]1CC[C@@H](NC)C1. The highest BCUT2D eigenvalue weighted by Crippen LogP contribution is 2.36. The van der Waals surface area contributed by atoms with E-state index in [-0.39, 0.29) is 12.0 Å². The highest BCUT2D eigenvalue weighted by Gasteiger charge is 2.38. The van der Waals surface area contributed by atoms with E-state index in [0.717, 1.165) is 37.5 Å². The van der Waals surface area contributed by atoms with Crippen LogP contribution in [0.25, 0.3) is 17.2 Å². The van der Waals surface area contributed by atoms with E-state index in [1.54, 1.807) is 13.2 Å². The molecule has 0 radical (unpaired) electrons. The van der Waals surface area contributed by atoms with Gasteiger partial charge in [0.05, 0.1) is 18.7 Å². The summed E-state index contributed by atoms with van der Waals surface area (Å²) in [7, 11) is 7.99. The molecule has 3 N–H and O–H groups in total. The third-order valence-electron chi connectivity index (χ3n) is 11.1. The van der Waals surface area contributed by atoms with Crippen LogP contribution < -0.4 is 16.0 Å².